The Kier molecular flexibility index (Phi) is 5.79. The second-order valence-electron chi connectivity index (χ2n) is 5.49. The Labute approximate surface area is 131 Å². The van der Waals surface area contributed by atoms with Crippen LogP contribution in [0.4, 0.5) is 0 Å². The lowest BCUT2D eigenvalue weighted by Gasteiger charge is -2.13. The summed E-state index contributed by atoms with van der Waals surface area (Å²) < 4.78 is 5.47. The highest BCUT2D eigenvalue weighted by atomic mass is 35.5. The predicted molar refractivity (Wildman–Crippen MR) is 86.5 cm³/mol. The first kappa shape index (κ1) is 16.0. The van der Waals surface area contributed by atoms with Crippen LogP contribution in [0.1, 0.15) is 12.2 Å². The van der Waals surface area contributed by atoms with Gasteiger partial charge in [0.05, 0.1) is 6.54 Å². The van der Waals surface area contributed by atoms with E-state index in [-0.39, 0.29) is 12.4 Å². The number of likely N-dealkylation sites (tertiary alicyclic amines) is 1. The van der Waals surface area contributed by atoms with Gasteiger partial charge in [-0.05, 0) is 32.5 Å². The van der Waals surface area contributed by atoms with Gasteiger partial charge < -0.3 is 9.84 Å². The monoisotopic (exact) mass is 307 g/mol. The van der Waals surface area contributed by atoms with Crippen LogP contribution >= 0.6 is 12.4 Å². The van der Waals surface area contributed by atoms with Gasteiger partial charge >= 0.3 is 0 Å². The lowest BCUT2D eigenvalue weighted by molar-refractivity contribution is 0.266. The minimum Gasteiger partial charge on any atom is -0.359 e. The number of hydrogen-bond acceptors (Lipinski definition) is 4. The molecule has 2 aromatic rings. The van der Waals surface area contributed by atoms with E-state index in [1.807, 2.05) is 25.2 Å². The Balaban J connectivity index is 0.00000161. The van der Waals surface area contributed by atoms with Crippen molar-refractivity contribution in [2.75, 3.05) is 26.7 Å². The number of benzene rings is 1. The van der Waals surface area contributed by atoms with Crippen molar-refractivity contribution in [3.8, 4) is 11.3 Å². The number of rotatable bonds is 5. The van der Waals surface area contributed by atoms with Crippen LogP contribution in [-0.4, -0.2) is 36.7 Å². The summed E-state index contributed by atoms with van der Waals surface area (Å²) in [7, 11) is 2.02. The molecule has 1 aromatic carbocycles. The van der Waals surface area contributed by atoms with E-state index in [4.69, 9.17) is 4.52 Å². The van der Waals surface area contributed by atoms with Crippen LogP contribution in [0, 0.1) is 5.92 Å². The Bertz CT molecular complexity index is 543. The zero-order valence-corrected chi connectivity index (χ0v) is 13.1. The maximum atomic E-state index is 5.47. The lowest BCUT2D eigenvalue weighted by atomic mass is 10.1. The maximum absolute atomic E-state index is 5.47. The second kappa shape index (κ2) is 7.59. The molecule has 1 N–H and O–H groups in total. The maximum Gasteiger partial charge on any atom is 0.151 e. The van der Waals surface area contributed by atoms with Crippen LogP contribution in [0.5, 0.6) is 0 Å². The minimum absolute atomic E-state index is 0. The summed E-state index contributed by atoms with van der Waals surface area (Å²) in [5, 5.41) is 7.43. The van der Waals surface area contributed by atoms with E-state index in [1.54, 1.807) is 0 Å². The molecule has 3 rings (SSSR count). The molecular formula is C16H22ClN3O. The van der Waals surface area contributed by atoms with Crippen molar-refractivity contribution in [2.45, 2.75) is 13.0 Å². The third-order valence-corrected chi connectivity index (χ3v) is 3.87. The summed E-state index contributed by atoms with van der Waals surface area (Å²) in [6.45, 7) is 4.25. The van der Waals surface area contributed by atoms with Crippen molar-refractivity contribution in [1.82, 2.24) is 15.4 Å². The number of aromatic nitrogens is 1. The van der Waals surface area contributed by atoms with Crippen LogP contribution < -0.4 is 5.32 Å². The van der Waals surface area contributed by atoms with E-state index in [1.165, 1.54) is 6.42 Å². The number of halogens is 1. The Morgan fingerprint density at radius 3 is 2.90 bits per heavy atom. The molecule has 0 spiro atoms. The van der Waals surface area contributed by atoms with Gasteiger partial charge in [0, 0.05) is 18.2 Å². The fourth-order valence-electron chi connectivity index (χ4n) is 2.86. The molecule has 0 saturated carbocycles. The fraction of sp³-hybridized carbons (Fsp3) is 0.438. The van der Waals surface area contributed by atoms with E-state index in [0.717, 1.165) is 49.1 Å². The quantitative estimate of drug-likeness (QED) is 0.922. The molecule has 1 atom stereocenters. The van der Waals surface area contributed by atoms with E-state index in [0.29, 0.717) is 0 Å². The average molecular weight is 308 g/mol. The highest BCUT2D eigenvalue weighted by Crippen LogP contribution is 2.22. The summed E-state index contributed by atoms with van der Waals surface area (Å²) in [6, 6.07) is 12.2. The van der Waals surface area contributed by atoms with Gasteiger partial charge in [-0.25, -0.2) is 0 Å². The normalized spacial score (nSPS) is 18.6. The first-order chi connectivity index (χ1) is 9.85. The highest BCUT2D eigenvalue weighted by molar-refractivity contribution is 5.85. The van der Waals surface area contributed by atoms with Crippen LogP contribution in [0.2, 0.25) is 0 Å². The van der Waals surface area contributed by atoms with Gasteiger partial charge in [-0.3, -0.25) is 4.90 Å². The third-order valence-electron chi connectivity index (χ3n) is 3.87. The minimum atomic E-state index is 0. The fourth-order valence-corrected chi connectivity index (χ4v) is 2.86. The summed E-state index contributed by atoms with van der Waals surface area (Å²) in [5.74, 6) is 1.71. The Morgan fingerprint density at radius 1 is 1.33 bits per heavy atom. The average Bonchev–Trinajstić information content (AvgIpc) is 3.11. The molecule has 4 nitrogen and oxygen atoms in total. The Hall–Kier alpha value is -1.36. The van der Waals surface area contributed by atoms with Gasteiger partial charge in [-0.2, -0.15) is 0 Å². The molecule has 1 aromatic heterocycles. The van der Waals surface area contributed by atoms with Crippen LogP contribution in [0.25, 0.3) is 11.3 Å². The van der Waals surface area contributed by atoms with E-state index < -0.39 is 0 Å². The molecule has 0 radical (unpaired) electrons. The second-order valence-corrected chi connectivity index (χ2v) is 5.49. The number of nitrogens with one attached hydrogen (secondary N) is 1. The van der Waals surface area contributed by atoms with Gasteiger partial charge in [0.2, 0.25) is 0 Å². The zero-order chi connectivity index (χ0) is 13.8. The molecule has 114 valence electrons. The summed E-state index contributed by atoms with van der Waals surface area (Å²) in [4.78, 5) is 2.44. The van der Waals surface area contributed by atoms with Gasteiger partial charge in [-0.1, -0.05) is 35.5 Å². The van der Waals surface area contributed by atoms with Gasteiger partial charge in [0.25, 0.3) is 0 Å². The molecule has 1 aliphatic rings. The molecule has 0 aliphatic carbocycles. The smallest absolute Gasteiger partial charge is 0.151 e. The van der Waals surface area contributed by atoms with E-state index in [2.05, 4.69) is 33.6 Å². The standard InChI is InChI=1S/C16H21N3O.ClH/c1-17-10-13-7-8-19(11-13)12-15-9-16(18-20-15)14-5-3-2-4-6-14;/h2-6,9,13,17H,7-8,10-12H2,1H3;1H. The number of hydrogen-bond donors (Lipinski definition) is 1. The van der Waals surface area contributed by atoms with Crippen molar-refractivity contribution >= 4 is 12.4 Å². The van der Waals surface area contributed by atoms with Crippen molar-refractivity contribution in [3.05, 3.63) is 42.2 Å². The molecule has 5 heteroatoms. The first-order valence-corrected chi connectivity index (χ1v) is 7.23. The molecule has 1 saturated heterocycles. The molecule has 1 aliphatic heterocycles. The number of nitrogens with zero attached hydrogens (tertiary/aromatic N) is 2. The van der Waals surface area contributed by atoms with Crippen molar-refractivity contribution < 1.29 is 4.52 Å². The largest absolute Gasteiger partial charge is 0.359 e. The molecule has 21 heavy (non-hydrogen) atoms. The predicted octanol–water partition coefficient (Wildman–Crippen LogP) is 2.80. The topological polar surface area (TPSA) is 41.3 Å². The summed E-state index contributed by atoms with van der Waals surface area (Å²) in [5.41, 5.74) is 2.03. The van der Waals surface area contributed by atoms with Crippen molar-refractivity contribution in [2.24, 2.45) is 5.92 Å². The van der Waals surface area contributed by atoms with Crippen molar-refractivity contribution in [1.29, 1.82) is 0 Å². The first-order valence-electron chi connectivity index (χ1n) is 7.23. The van der Waals surface area contributed by atoms with Crippen LogP contribution in [-0.2, 0) is 6.54 Å². The van der Waals surface area contributed by atoms with Gasteiger partial charge in [-0.15, -0.1) is 12.4 Å². The molecule has 0 bridgehead atoms. The lowest BCUT2D eigenvalue weighted by Crippen LogP contribution is -2.24. The van der Waals surface area contributed by atoms with E-state index >= 15 is 0 Å². The molecule has 0 amide bonds. The SMILES string of the molecule is CNCC1CCN(Cc2cc(-c3ccccc3)no2)C1.Cl. The zero-order valence-electron chi connectivity index (χ0n) is 12.3. The Morgan fingerprint density at radius 2 is 2.14 bits per heavy atom. The van der Waals surface area contributed by atoms with Crippen LogP contribution in [0.15, 0.2) is 40.9 Å². The van der Waals surface area contributed by atoms with E-state index in [9.17, 15) is 0 Å². The third kappa shape index (κ3) is 4.06. The van der Waals surface area contributed by atoms with Crippen molar-refractivity contribution in [3.63, 3.8) is 0 Å². The summed E-state index contributed by atoms with van der Waals surface area (Å²) >= 11 is 0. The molecule has 1 unspecified atom stereocenters. The molecule has 2 heterocycles. The van der Waals surface area contributed by atoms with Gasteiger partial charge in [0.1, 0.15) is 5.69 Å². The van der Waals surface area contributed by atoms with Gasteiger partial charge in [0.15, 0.2) is 5.76 Å². The molecular weight excluding hydrogens is 286 g/mol. The highest BCUT2D eigenvalue weighted by Gasteiger charge is 2.22. The van der Waals surface area contributed by atoms with Crippen LogP contribution in [0.3, 0.4) is 0 Å². The summed E-state index contributed by atoms with van der Waals surface area (Å²) in [6.07, 6.45) is 1.26. The molecule has 1 fully saturated rings.